The van der Waals surface area contributed by atoms with E-state index in [2.05, 4.69) is 0 Å². The highest BCUT2D eigenvalue weighted by molar-refractivity contribution is 5.97. The highest BCUT2D eigenvalue weighted by Gasteiger charge is 2.36. The minimum Gasteiger partial charge on any atom is -0.399 e. The van der Waals surface area contributed by atoms with Gasteiger partial charge in [0.05, 0.1) is 12.0 Å². The molecule has 2 N–H and O–H groups in total. The van der Waals surface area contributed by atoms with Gasteiger partial charge in [0.1, 0.15) is 0 Å². The number of amides is 1. The molecular formula is C14H18N2O2. The topological polar surface area (TPSA) is 55.6 Å². The number of nitrogens with two attached hydrogens (primary N) is 1. The molecule has 1 saturated heterocycles. The van der Waals surface area contributed by atoms with Crippen molar-refractivity contribution in [3.05, 3.63) is 23.8 Å². The Kier molecular flexibility index (Phi) is 2.74. The Morgan fingerprint density at radius 3 is 3.06 bits per heavy atom. The lowest BCUT2D eigenvalue weighted by molar-refractivity contribution is -0.123. The van der Waals surface area contributed by atoms with Gasteiger partial charge in [-0.25, -0.2) is 0 Å². The van der Waals surface area contributed by atoms with Gasteiger partial charge >= 0.3 is 0 Å². The molecule has 0 radical (unpaired) electrons. The fourth-order valence-corrected chi connectivity index (χ4v) is 2.91. The Balaban J connectivity index is 1.85. The molecule has 0 saturated carbocycles. The van der Waals surface area contributed by atoms with Crippen molar-refractivity contribution in [3.63, 3.8) is 0 Å². The van der Waals surface area contributed by atoms with E-state index in [1.165, 1.54) is 5.56 Å². The van der Waals surface area contributed by atoms with Crippen molar-refractivity contribution in [3.8, 4) is 0 Å². The van der Waals surface area contributed by atoms with Gasteiger partial charge in [0, 0.05) is 24.5 Å². The molecule has 2 aliphatic heterocycles. The molecule has 0 bridgehead atoms. The highest BCUT2D eigenvalue weighted by Crippen LogP contribution is 2.33. The first kappa shape index (κ1) is 11.5. The average Bonchev–Trinajstić information content (AvgIpc) is 2.94. The van der Waals surface area contributed by atoms with Crippen LogP contribution in [0.5, 0.6) is 0 Å². The fourth-order valence-electron chi connectivity index (χ4n) is 2.91. The van der Waals surface area contributed by atoms with E-state index in [9.17, 15) is 4.79 Å². The van der Waals surface area contributed by atoms with E-state index < -0.39 is 0 Å². The molecule has 2 unspecified atom stereocenters. The zero-order valence-electron chi connectivity index (χ0n) is 10.6. The lowest BCUT2D eigenvalue weighted by atomic mass is 10.0. The van der Waals surface area contributed by atoms with Crippen molar-refractivity contribution < 1.29 is 9.53 Å². The normalized spacial score (nSPS) is 26.4. The van der Waals surface area contributed by atoms with Crippen molar-refractivity contribution in [2.45, 2.75) is 25.9 Å². The standard InChI is InChI=1S/C14H18N2O2/c1-9-12(5-7-18-9)14(17)16-6-4-10-8-11(15)2-3-13(10)16/h2-3,8-9,12H,4-7,15H2,1H3. The molecule has 3 rings (SSSR count). The number of carbonyl (C=O) groups excluding carboxylic acids is 1. The molecule has 1 amide bonds. The van der Waals surface area contributed by atoms with Crippen molar-refractivity contribution >= 4 is 17.3 Å². The number of nitrogen functional groups attached to an aromatic ring is 1. The third-order valence-electron chi connectivity index (χ3n) is 3.96. The maximum atomic E-state index is 12.5. The van der Waals surface area contributed by atoms with Crippen LogP contribution in [0, 0.1) is 5.92 Å². The summed E-state index contributed by atoms with van der Waals surface area (Å²) in [5, 5.41) is 0. The van der Waals surface area contributed by atoms with Crippen LogP contribution in [-0.2, 0) is 16.0 Å². The Labute approximate surface area is 107 Å². The monoisotopic (exact) mass is 246 g/mol. The summed E-state index contributed by atoms with van der Waals surface area (Å²) in [5.41, 5.74) is 8.74. The Hall–Kier alpha value is -1.55. The van der Waals surface area contributed by atoms with E-state index >= 15 is 0 Å². The second-order valence-electron chi connectivity index (χ2n) is 5.10. The molecule has 2 atom stereocenters. The molecule has 2 aliphatic rings. The van der Waals surface area contributed by atoms with Gasteiger partial charge in [-0.05, 0) is 43.5 Å². The Morgan fingerprint density at radius 1 is 1.50 bits per heavy atom. The first-order valence-corrected chi connectivity index (χ1v) is 6.48. The number of benzene rings is 1. The number of rotatable bonds is 1. The molecule has 0 aromatic heterocycles. The minimum absolute atomic E-state index is 0.00787. The zero-order valence-corrected chi connectivity index (χ0v) is 10.6. The van der Waals surface area contributed by atoms with Crippen LogP contribution in [0.15, 0.2) is 18.2 Å². The summed E-state index contributed by atoms with van der Waals surface area (Å²) in [6, 6.07) is 5.78. The van der Waals surface area contributed by atoms with Gasteiger partial charge in [0.2, 0.25) is 5.91 Å². The molecule has 1 aromatic rings. The number of carbonyl (C=O) groups is 1. The zero-order chi connectivity index (χ0) is 12.7. The summed E-state index contributed by atoms with van der Waals surface area (Å²) in [4.78, 5) is 14.4. The Bertz CT molecular complexity index is 487. The predicted octanol–water partition coefficient (Wildman–Crippen LogP) is 1.58. The van der Waals surface area contributed by atoms with E-state index in [1.807, 2.05) is 30.0 Å². The first-order valence-electron chi connectivity index (χ1n) is 6.48. The second kappa shape index (κ2) is 4.28. The fraction of sp³-hybridized carbons (Fsp3) is 0.500. The summed E-state index contributed by atoms with van der Waals surface area (Å²) in [6.45, 7) is 3.44. The summed E-state index contributed by atoms with van der Waals surface area (Å²) in [7, 11) is 0. The van der Waals surface area contributed by atoms with Gasteiger partial charge in [0.25, 0.3) is 0 Å². The largest absolute Gasteiger partial charge is 0.399 e. The Morgan fingerprint density at radius 2 is 2.33 bits per heavy atom. The molecular weight excluding hydrogens is 228 g/mol. The van der Waals surface area contributed by atoms with Crippen LogP contribution in [0.2, 0.25) is 0 Å². The van der Waals surface area contributed by atoms with Gasteiger partial charge in [-0.1, -0.05) is 0 Å². The van der Waals surface area contributed by atoms with Crippen molar-refractivity contribution in [2.75, 3.05) is 23.8 Å². The van der Waals surface area contributed by atoms with Crippen molar-refractivity contribution in [2.24, 2.45) is 5.92 Å². The summed E-state index contributed by atoms with van der Waals surface area (Å²) in [6.07, 6.45) is 1.77. The quantitative estimate of drug-likeness (QED) is 0.765. The molecule has 4 heteroatoms. The maximum Gasteiger partial charge on any atom is 0.232 e. The number of anilines is 2. The third-order valence-corrected chi connectivity index (χ3v) is 3.96. The van der Waals surface area contributed by atoms with E-state index in [1.54, 1.807) is 0 Å². The first-order chi connectivity index (χ1) is 8.66. The molecule has 0 spiro atoms. The second-order valence-corrected chi connectivity index (χ2v) is 5.10. The number of hydrogen-bond donors (Lipinski definition) is 1. The molecule has 1 aromatic carbocycles. The van der Waals surface area contributed by atoms with Crippen molar-refractivity contribution in [1.29, 1.82) is 0 Å². The molecule has 2 heterocycles. The van der Waals surface area contributed by atoms with E-state index in [4.69, 9.17) is 10.5 Å². The number of fused-ring (bicyclic) bond motifs is 1. The van der Waals surface area contributed by atoms with Crippen LogP contribution in [0.4, 0.5) is 11.4 Å². The van der Waals surface area contributed by atoms with Crippen LogP contribution in [0.25, 0.3) is 0 Å². The summed E-state index contributed by atoms with van der Waals surface area (Å²) in [5.74, 6) is 0.206. The molecule has 4 nitrogen and oxygen atoms in total. The third kappa shape index (κ3) is 1.77. The smallest absolute Gasteiger partial charge is 0.232 e. The van der Waals surface area contributed by atoms with Crippen LogP contribution in [-0.4, -0.2) is 25.2 Å². The van der Waals surface area contributed by atoms with Gasteiger partial charge in [0.15, 0.2) is 0 Å². The predicted molar refractivity (Wildman–Crippen MR) is 70.4 cm³/mol. The van der Waals surface area contributed by atoms with E-state index in [-0.39, 0.29) is 17.9 Å². The lowest BCUT2D eigenvalue weighted by Crippen LogP contribution is -2.37. The van der Waals surface area contributed by atoms with Crippen LogP contribution in [0.3, 0.4) is 0 Å². The maximum absolute atomic E-state index is 12.5. The SMILES string of the molecule is CC1OCCC1C(=O)N1CCc2cc(N)ccc21. The number of ether oxygens (including phenoxy) is 1. The van der Waals surface area contributed by atoms with Crippen molar-refractivity contribution in [1.82, 2.24) is 0 Å². The molecule has 96 valence electrons. The summed E-state index contributed by atoms with van der Waals surface area (Å²) >= 11 is 0. The van der Waals surface area contributed by atoms with Crippen LogP contribution >= 0.6 is 0 Å². The molecule has 18 heavy (non-hydrogen) atoms. The summed E-state index contributed by atoms with van der Waals surface area (Å²) < 4.78 is 5.49. The van der Waals surface area contributed by atoms with Gasteiger partial charge in [-0.15, -0.1) is 0 Å². The van der Waals surface area contributed by atoms with Gasteiger partial charge < -0.3 is 15.4 Å². The van der Waals surface area contributed by atoms with E-state index in [0.717, 1.165) is 30.8 Å². The number of hydrogen-bond acceptors (Lipinski definition) is 3. The van der Waals surface area contributed by atoms with Gasteiger partial charge in [-0.2, -0.15) is 0 Å². The van der Waals surface area contributed by atoms with Crippen LogP contribution < -0.4 is 10.6 Å². The van der Waals surface area contributed by atoms with Gasteiger partial charge in [-0.3, -0.25) is 4.79 Å². The average molecular weight is 246 g/mol. The number of nitrogens with zero attached hydrogens (tertiary/aromatic N) is 1. The molecule has 1 fully saturated rings. The highest BCUT2D eigenvalue weighted by atomic mass is 16.5. The molecule has 0 aliphatic carbocycles. The lowest BCUT2D eigenvalue weighted by Gasteiger charge is -2.23. The minimum atomic E-state index is 0.00787. The van der Waals surface area contributed by atoms with Crippen LogP contribution in [0.1, 0.15) is 18.9 Å². The van der Waals surface area contributed by atoms with E-state index in [0.29, 0.717) is 6.61 Å².